The van der Waals surface area contributed by atoms with Crippen molar-refractivity contribution in [1.82, 2.24) is 9.88 Å². The van der Waals surface area contributed by atoms with E-state index >= 15 is 0 Å². The lowest BCUT2D eigenvalue weighted by molar-refractivity contribution is 0.104. The van der Waals surface area contributed by atoms with Crippen LogP contribution in [0.3, 0.4) is 0 Å². The van der Waals surface area contributed by atoms with Crippen LogP contribution in [0.25, 0.3) is 0 Å². The molecule has 0 radical (unpaired) electrons. The predicted molar refractivity (Wildman–Crippen MR) is 63.6 cm³/mol. The summed E-state index contributed by atoms with van der Waals surface area (Å²) in [6.45, 7) is 1.84. The number of carbonyl (C=O) groups excluding carboxylic acids is 1. The van der Waals surface area contributed by atoms with Crippen molar-refractivity contribution in [2.45, 2.75) is 6.92 Å². The number of thiazole rings is 1. The van der Waals surface area contributed by atoms with Crippen molar-refractivity contribution in [2.75, 3.05) is 26.5 Å². The molecule has 1 aromatic heterocycles. The Hall–Kier alpha value is -1.36. The minimum absolute atomic E-state index is 0.000185. The normalized spacial score (nSPS) is 10.7. The van der Waals surface area contributed by atoms with E-state index in [1.165, 1.54) is 11.3 Å². The van der Waals surface area contributed by atoms with Crippen molar-refractivity contribution in [3.05, 3.63) is 22.8 Å². The molecule has 0 bridgehead atoms. The fourth-order valence-electron chi connectivity index (χ4n) is 1.02. The number of carbonyl (C=O) groups is 1. The number of hydrogen-bond acceptors (Lipinski definition) is 5. The molecule has 0 aromatic carbocycles. The molecule has 0 aliphatic carbocycles. The zero-order chi connectivity index (χ0) is 11.4. The first-order valence-electron chi connectivity index (χ1n) is 4.58. The van der Waals surface area contributed by atoms with E-state index in [1.54, 1.807) is 19.3 Å². The average molecular weight is 225 g/mol. The Kier molecular flexibility index (Phi) is 3.85. The molecule has 0 spiro atoms. The lowest BCUT2D eigenvalue weighted by atomic mass is 10.3. The fourth-order valence-corrected chi connectivity index (χ4v) is 1.86. The number of allylic oxidation sites excluding steroid dienone is 1. The first-order chi connectivity index (χ1) is 7.04. The van der Waals surface area contributed by atoms with Crippen LogP contribution in [0.5, 0.6) is 0 Å². The molecule has 0 amide bonds. The molecule has 0 saturated carbocycles. The maximum atomic E-state index is 11.7. The zero-order valence-electron chi connectivity index (χ0n) is 9.37. The van der Waals surface area contributed by atoms with Crippen molar-refractivity contribution in [1.29, 1.82) is 0 Å². The Morgan fingerprint density at radius 3 is 2.67 bits per heavy atom. The van der Waals surface area contributed by atoms with E-state index in [4.69, 9.17) is 0 Å². The number of nitrogens with zero attached hydrogens (tertiary/aromatic N) is 2. The molecular weight excluding hydrogens is 210 g/mol. The molecule has 1 rings (SSSR count). The third-order valence-corrected chi connectivity index (χ3v) is 2.95. The van der Waals surface area contributed by atoms with Gasteiger partial charge in [0.25, 0.3) is 0 Å². The number of nitrogens with one attached hydrogen (secondary N) is 1. The van der Waals surface area contributed by atoms with Gasteiger partial charge in [0.2, 0.25) is 0 Å². The average Bonchev–Trinajstić information content (AvgIpc) is 2.56. The highest BCUT2D eigenvalue weighted by atomic mass is 32.1. The van der Waals surface area contributed by atoms with Crippen molar-refractivity contribution < 1.29 is 4.79 Å². The van der Waals surface area contributed by atoms with Gasteiger partial charge in [0, 0.05) is 33.4 Å². The van der Waals surface area contributed by atoms with E-state index in [2.05, 4.69) is 10.3 Å². The molecule has 0 fully saturated rings. The van der Waals surface area contributed by atoms with Gasteiger partial charge in [-0.2, -0.15) is 0 Å². The molecule has 0 aliphatic rings. The maximum Gasteiger partial charge on any atom is 0.199 e. The molecule has 5 heteroatoms. The quantitative estimate of drug-likeness (QED) is 0.626. The summed E-state index contributed by atoms with van der Waals surface area (Å²) in [5.74, 6) is 0.000185. The number of aromatic nitrogens is 1. The second kappa shape index (κ2) is 4.93. The van der Waals surface area contributed by atoms with Crippen molar-refractivity contribution in [2.24, 2.45) is 0 Å². The third-order valence-electron chi connectivity index (χ3n) is 1.76. The molecule has 1 heterocycles. The predicted octanol–water partition coefficient (Wildman–Crippen LogP) is 1.75. The minimum Gasteiger partial charge on any atom is -0.383 e. The number of hydrogen-bond donors (Lipinski definition) is 1. The summed E-state index contributed by atoms with van der Waals surface area (Å²) < 4.78 is 0. The van der Waals surface area contributed by atoms with Crippen LogP contribution < -0.4 is 5.32 Å². The van der Waals surface area contributed by atoms with Gasteiger partial charge in [0.1, 0.15) is 0 Å². The summed E-state index contributed by atoms with van der Waals surface area (Å²) in [6.07, 6.45) is 3.29. The highest BCUT2D eigenvalue weighted by molar-refractivity contribution is 7.17. The lowest BCUT2D eigenvalue weighted by Crippen LogP contribution is -2.02. The molecule has 82 valence electrons. The van der Waals surface area contributed by atoms with Crippen molar-refractivity contribution in [3.8, 4) is 0 Å². The van der Waals surface area contributed by atoms with Gasteiger partial charge in [-0.05, 0) is 6.92 Å². The van der Waals surface area contributed by atoms with Crippen LogP contribution in [-0.4, -0.2) is 36.8 Å². The van der Waals surface area contributed by atoms with Crippen LogP contribution in [0.1, 0.15) is 15.4 Å². The molecule has 15 heavy (non-hydrogen) atoms. The number of anilines is 1. The summed E-state index contributed by atoms with van der Waals surface area (Å²) in [4.78, 5) is 18.5. The summed E-state index contributed by atoms with van der Waals surface area (Å²) in [5, 5.41) is 3.70. The van der Waals surface area contributed by atoms with Gasteiger partial charge in [-0.1, -0.05) is 11.3 Å². The first-order valence-corrected chi connectivity index (χ1v) is 5.40. The third kappa shape index (κ3) is 3.06. The highest BCUT2D eigenvalue weighted by Gasteiger charge is 2.11. The Balaban J connectivity index is 2.86. The first kappa shape index (κ1) is 11.7. The summed E-state index contributed by atoms with van der Waals surface area (Å²) in [5.41, 5.74) is 0.776. The molecule has 0 unspecified atom stereocenters. The lowest BCUT2D eigenvalue weighted by Gasteiger charge is -2.01. The minimum atomic E-state index is 0.000185. The molecule has 1 N–H and O–H groups in total. The van der Waals surface area contributed by atoms with E-state index < -0.39 is 0 Å². The van der Waals surface area contributed by atoms with Crippen LogP contribution in [-0.2, 0) is 0 Å². The van der Waals surface area contributed by atoms with Crippen LogP contribution >= 0.6 is 11.3 Å². The van der Waals surface area contributed by atoms with Gasteiger partial charge < -0.3 is 10.2 Å². The number of ketones is 1. The highest BCUT2D eigenvalue weighted by Crippen LogP contribution is 2.22. The zero-order valence-corrected chi connectivity index (χ0v) is 10.2. The van der Waals surface area contributed by atoms with E-state index in [1.807, 2.05) is 25.9 Å². The van der Waals surface area contributed by atoms with Crippen molar-refractivity contribution >= 4 is 22.3 Å². The Morgan fingerprint density at radius 1 is 1.53 bits per heavy atom. The Morgan fingerprint density at radius 2 is 2.20 bits per heavy atom. The standard InChI is InChI=1S/C10H15N3OS/c1-7-9(15-10(11-2)12-7)8(14)5-6-13(3)4/h5-6H,1-4H3,(H,11,12)/b6-5+. The largest absolute Gasteiger partial charge is 0.383 e. The SMILES string of the molecule is CNc1nc(C)c(C(=O)/C=C/N(C)C)s1. The van der Waals surface area contributed by atoms with E-state index in [9.17, 15) is 4.79 Å². The molecule has 0 aliphatic heterocycles. The maximum absolute atomic E-state index is 11.7. The molecule has 0 saturated heterocycles. The molecular formula is C10H15N3OS. The van der Waals surface area contributed by atoms with Gasteiger partial charge in [-0.15, -0.1) is 0 Å². The second-order valence-corrected chi connectivity index (χ2v) is 4.33. The Bertz CT molecular complexity index is 382. The molecule has 0 atom stereocenters. The smallest absolute Gasteiger partial charge is 0.199 e. The topological polar surface area (TPSA) is 45.2 Å². The molecule has 1 aromatic rings. The van der Waals surface area contributed by atoms with Gasteiger partial charge >= 0.3 is 0 Å². The monoisotopic (exact) mass is 225 g/mol. The summed E-state index contributed by atoms with van der Waals surface area (Å²) in [6, 6.07) is 0. The molecule has 4 nitrogen and oxygen atoms in total. The van der Waals surface area contributed by atoms with E-state index in [0.29, 0.717) is 4.88 Å². The number of aryl methyl sites for hydroxylation is 1. The van der Waals surface area contributed by atoms with Crippen LogP contribution in [0.4, 0.5) is 5.13 Å². The van der Waals surface area contributed by atoms with Gasteiger partial charge in [0.05, 0.1) is 10.6 Å². The van der Waals surface area contributed by atoms with Crippen molar-refractivity contribution in [3.63, 3.8) is 0 Å². The summed E-state index contributed by atoms with van der Waals surface area (Å²) in [7, 11) is 5.55. The van der Waals surface area contributed by atoms with Gasteiger partial charge in [0.15, 0.2) is 10.9 Å². The van der Waals surface area contributed by atoms with Crippen LogP contribution in [0.2, 0.25) is 0 Å². The van der Waals surface area contributed by atoms with Gasteiger partial charge in [-0.25, -0.2) is 4.98 Å². The second-order valence-electron chi connectivity index (χ2n) is 3.33. The van der Waals surface area contributed by atoms with E-state index in [-0.39, 0.29) is 5.78 Å². The number of rotatable bonds is 4. The van der Waals surface area contributed by atoms with E-state index in [0.717, 1.165) is 10.8 Å². The van der Waals surface area contributed by atoms with Crippen LogP contribution in [0, 0.1) is 6.92 Å². The van der Waals surface area contributed by atoms with Gasteiger partial charge in [-0.3, -0.25) is 4.79 Å². The van der Waals surface area contributed by atoms with Crippen LogP contribution in [0.15, 0.2) is 12.3 Å². The summed E-state index contributed by atoms with van der Waals surface area (Å²) >= 11 is 1.38. The fraction of sp³-hybridized carbons (Fsp3) is 0.400. The Labute approximate surface area is 93.6 Å².